The molecular weight excluding hydrogens is 430 g/mol. The Bertz CT molecular complexity index is 1160. The smallest absolute Gasteiger partial charge is 0.291 e. The van der Waals surface area contributed by atoms with E-state index in [1.807, 2.05) is 4.90 Å². The number of aromatic nitrogens is 2. The lowest BCUT2D eigenvalue weighted by molar-refractivity contribution is -0.0407. The number of carbonyl (C=O) groups is 1. The summed E-state index contributed by atoms with van der Waals surface area (Å²) in [5, 5.41) is 10.2. The van der Waals surface area contributed by atoms with Gasteiger partial charge in [0.25, 0.3) is 5.91 Å². The molecule has 1 unspecified atom stereocenters. The van der Waals surface area contributed by atoms with E-state index in [9.17, 15) is 10.1 Å². The van der Waals surface area contributed by atoms with Crippen LogP contribution in [0.1, 0.15) is 85.1 Å². The molecule has 0 spiro atoms. The predicted octanol–water partition coefficient (Wildman–Crippen LogP) is 3.97. The van der Waals surface area contributed by atoms with Gasteiger partial charge < -0.3 is 19.0 Å². The van der Waals surface area contributed by atoms with Crippen LogP contribution in [-0.4, -0.2) is 52.1 Å². The number of aryl methyl sites for hydroxylation is 1. The average molecular weight is 464 g/mol. The van der Waals surface area contributed by atoms with Gasteiger partial charge in [0.2, 0.25) is 5.76 Å². The molecule has 8 nitrogen and oxygen atoms in total. The van der Waals surface area contributed by atoms with Crippen molar-refractivity contribution in [2.75, 3.05) is 24.5 Å². The molecule has 2 aromatic heterocycles. The Kier molecular flexibility index (Phi) is 5.64. The zero-order chi connectivity index (χ0) is 24.2. The molecule has 4 heterocycles. The molecule has 3 aliphatic rings. The van der Waals surface area contributed by atoms with Gasteiger partial charge in [-0.3, -0.25) is 4.79 Å². The van der Waals surface area contributed by atoms with Crippen LogP contribution in [0.5, 0.6) is 0 Å². The third-order valence-electron chi connectivity index (χ3n) is 7.40. The highest BCUT2D eigenvalue weighted by Gasteiger charge is 2.40. The quantitative estimate of drug-likeness (QED) is 0.677. The monoisotopic (exact) mass is 463 g/mol. The molecule has 1 aliphatic carbocycles. The van der Waals surface area contributed by atoms with Gasteiger partial charge in [-0.2, -0.15) is 5.26 Å². The predicted molar refractivity (Wildman–Crippen MR) is 127 cm³/mol. The van der Waals surface area contributed by atoms with Crippen molar-refractivity contribution in [2.24, 2.45) is 5.92 Å². The lowest BCUT2D eigenvalue weighted by atomic mass is 9.87. The molecular formula is C26H33N5O3. The summed E-state index contributed by atoms with van der Waals surface area (Å²) in [6, 6.07) is 2.46. The standard InChI is InChI=1S/C26H33N5O3/c1-15(2)21-12-30(8-9-31(21)25(32)23-16(3)28-14-33-23)24-19(11-27)18-10-26(4,5)34-13-20(18)22(29-24)17-6-7-17/h14-15,17,21H,6-10,12-13H2,1-5H3. The van der Waals surface area contributed by atoms with Gasteiger partial charge in [-0.15, -0.1) is 0 Å². The number of anilines is 1. The van der Waals surface area contributed by atoms with Crippen molar-refractivity contribution in [1.82, 2.24) is 14.9 Å². The zero-order valence-corrected chi connectivity index (χ0v) is 20.7. The third kappa shape index (κ3) is 3.96. The number of amides is 1. The van der Waals surface area contributed by atoms with E-state index in [-0.39, 0.29) is 23.5 Å². The molecule has 0 bridgehead atoms. The first-order valence-electron chi connectivity index (χ1n) is 12.3. The van der Waals surface area contributed by atoms with Gasteiger partial charge in [0.15, 0.2) is 6.39 Å². The molecule has 0 radical (unpaired) electrons. The molecule has 2 aromatic rings. The van der Waals surface area contributed by atoms with Crippen molar-refractivity contribution >= 4 is 11.7 Å². The summed E-state index contributed by atoms with van der Waals surface area (Å²) < 4.78 is 11.5. The van der Waals surface area contributed by atoms with Gasteiger partial charge in [-0.05, 0) is 45.1 Å². The first kappa shape index (κ1) is 22.9. The Morgan fingerprint density at radius 3 is 2.65 bits per heavy atom. The van der Waals surface area contributed by atoms with Crippen LogP contribution in [0.4, 0.5) is 5.82 Å². The van der Waals surface area contributed by atoms with Gasteiger partial charge >= 0.3 is 0 Å². The van der Waals surface area contributed by atoms with E-state index < -0.39 is 0 Å². The van der Waals surface area contributed by atoms with Crippen molar-refractivity contribution in [3.63, 3.8) is 0 Å². The SMILES string of the molecule is Cc1ncoc1C(=O)N1CCN(c2nc(C3CC3)c3c(c2C#N)CC(C)(C)OC3)CC1C(C)C. The molecule has 0 N–H and O–H groups in total. The minimum absolute atomic E-state index is 0.0284. The Balaban J connectivity index is 1.51. The molecule has 1 saturated heterocycles. The minimum Gasteiger partial charge on any atom is -0.438 e. The summed E-state index contributed by atoms with van der Waals surface area (Å²) in [5.74, 6) is 1.65. The molecule has 0 aromatic carbocycles. The summed E-state index contributed by atoms with van der Waals surface area (Å²) in [7, 11) is 0. The van der Waals surface area contributed by atoms with Crippen LogP contribution < -0.4 is 4.90 Å². The number of hydrogen-bond donors (Lipinski definition) is 0. The highest BCUT2D eigenvalue weighted by molar-refractivity contribution is 5.92. The van der Waals surface area contributed by atoms with Crippen LogP contribution in [-0.2, 0) is 17.8 Å². The van der Waals surface area contributed by atoms with E-state index in [1.165, 1.54) is 6.39 Å². The Hall–Kier alpha value is -2.92. The van der Waals surface area contributed by atoms with Crippen LogP contribution >= 0.6 is 0 Å². The van der Waals surface area contributed by atoms with Crippen molar-refractivity contribution in [3.8, 4) is 6.07 Å². The lowest BCUT2D eigenvalue weighted by Gasteiger charge is -2.44. The lowest BCUT2D eigenvalue weighted by Crippen LogP contribution is -2.57. The number of rotatable bonds is 4. The van der Waals surface area contributed by atoms with Gasteiger partial charge in [-0.1, -0.05) is 13.8 Å². The summed E-state index contributed by atoms with van der Waals surface area (Å²) in [6.45, 7) is 12.5. The highest BCUT2D eigenvalue weighted by atomic mass is 16.5. The number of pyridine rings is 1. The van der Waals surface area contributed by atoms with Gasteiger partial charge in [-0.25, -0.2) is 9.97 Å². The van der Waals surface area contributed by atoms with Crippen LogP contribution in [0.15, 0.2) is 10.8 Å². The van der Waals surface area contributed by atoms with Crippen LogP contribution in [0.25, 0.3) is 0 Å². The molecule has 2 aliphatic heterocycles. The van der Waals surface area contributed by atoms with Crippen LogP contribution in [0, 0.1) is 24.2 Å². The van der Waals surface area contributed by atoms with E-state index in [4.69, 9.17) is 14.1 Å². The van der Waals surface area contributed by atoms with E-state index in [2.05, 4.69) is 43.6 Å². The average Bonchev–Trinajstić information content (AvgIpc) is 3.56. The summed E-state index contributed by atoms with van der Waals surface area (Å²) >= 11 is 0. The third-order valence-corrected chi connectivity index (χ3v) is 7.40. The Morgan fingerprint density at radius 1 is 1.26 bits per heavy atom. The molecule has 1 saturated carbocycles. The van der Waals surface area contributed by atoms with E-state index in [1.54, 1.807) is 6.92 Å². The van der Waals surface area contributed by atoms with Gasteiger partial charge in [0, 0.05) is 37.5 Å². The Morgan fingerprint density at radius 2 is 2.03 bits per heavy atom. The molecule has 180 valence electrons. The summed E-state index contributed by atoms with van der Waals surface area (Å²) in [5.41, 5.74) is 4.30. The second-order valence-electron chi connectivity index (χ2n) is 10.8. The Labute approximate surface area is 200 Å². The minimum atomic E-state index is -0.307. The molecule has 34 heavy (non-hydrogen) atoms. The first-order valence-corrected chi connectivity index (χ1v) is 12.3. The van der Waals surface area contributed by atoms with Crippen LogP contribution in [0.2, 0.25) is 0 Å². The van der Waals surface area contributed by atoms with Crippen molar-refractivity contribution in [3.05, 3.63) is 40.2 Å². The maximum atomic E-state index is 13.3. The number of nitriles is 1. The maximum Gasteiger partial charge on any atom is 0.291 e. The van der Waals surface area contributed by atoms with Crippen LogP contribution in [0.3, 0.4) is 0 Å². The number of fused-ring (bicyclic) bond motifs is 1. The van der Waals surface area contributed by atoms with Crippen molar-refractivity contribution < 1.29 is 13.9 Å². The highest BCUT2D eigenvalue weighted by Crippen LogP contribution is 2.46. The molecule has 8 heteroatoms. The van der Waals surface area contributed by atoms with E-state index in [0.717, 1.165) is 35.5 Å². The second kappa shape index (κ2) is 8.38. The maximum absolute atomic E-state index is 13.3. The zero-order valence-electron chi connectivity index (χ0n) is 20.7. The number of carbonyl (C=O) groups excluding carboxylic acids is 1. The fraction of sp³-hybridized carbons (Fsp3) is 0.615. The second-order valence-corrected chi connectivity index (χ2v) is 10.8. The van der Waals surface area contributed by atoms with Crippen molar-refractivity contribution in [1.29, 1.82) is 5.26 Å². The van der Waals surface area contributed by atoms with Gasteiger partial charge in [0.05, 0.1) is 35.2 Å². The van der Waals surface area contributed by atoms with E-state index in [0.29, 0.717) is 55.6 Å². The molecule has 1 amide bonds. The number of ether oxygens (including phenoxy) is 1. The van der Waals surface area contributed by atoms with Gasteiger partial charge in [0.1, 0.15) is 11.9 Å². The summed E-state index contributed by atoms with van der Waals surface area (Å²) in [4.78, 5) is 26.6. The first-order chi connectivity index (χ1) is 16.2. The number of piperazine rings is 1. The fourth-order valence-corrected chi connectivity index (χ4v) is 5.28. The summed E-state index contributed by atoms with van der Waals surface area (Å²) in [6.07, 6.45) is 4.31. The molecule has 2 fully saturated rings. The molecule has 5 rings (SSSR count). The normalized spacial score (nSPS) is 22.0. The fourth-order valence-electron chi connectivity index (χ4n) is 5.28. The largest absolute Gasteiger partial charge is 0.438 e. The van der Waals surface area contributed by atoms with Crippen molar-refractivity contribution in [2.45, 2.75) is 78.0 Å². The number of oxazole rings is 1. The van der Waals surface area contributed by atoms with E-state index >= 15 is 0 Å². The molecule has 1 atom stereocenters. The number of nitrogens with zero attached hydrogens (tertiary/aromatic N) is 5. The number of hydrogen-bond acceptors (Lipinski definition) is 7. The topological polar surface area (TPSA) is 95.5 Å².